The van der Waals surface area contributed by atoms with Gasteiger partial charge in [-0.05, 0) is 37.8 Å². The molecule has 1 heterocycles. The van der Waals surface area contributed by atoms with Crippen molar-refractivity contribution in [3.05, 3.63) is 24.2 Å². The Hall–Kier alpha value is -1.78. The van der Waals surface area contributed by atoms with Crippen LogP contribution in [-0.4, -0.2) is 24.1 Å². The predicted octanol–water partition coefficient (Wildman–Crippen LogP) is 2.31. The molecule has 98 valence electrons. The monoisotopic (exact) mass is 252 g/mol. The summed E-state index contributed by atoms with van der Waals surface area (Å²) >= 11 is 0. The SMILES string of the molecule is CC(=O)O[C@@H]1CCCC[C@@H]1OC(=O)c1ccco1. The van der Waals surface area contributed by atoms with E-state index in [4.69, 9.17) is 13.9 Å². The van der Waals surface area contributed by atoms with Gasteiger partial charge in [0.15, 0.2) is 0 Å². The average molecular weight is 252 g/mol. The Kier molecular flexibility index (Phi) is 4.02. The van der Waals surface area contributed by atoms with Crippen LogP contribution in [0.4, 0.5) is 0 Å². The third-order valence-electron chi connectivity index (χ3n) is 2.94. The zero-order valence-electron chi connectivity index (χ0n) is 10.3. The van der Waals surface area contributed by atoms with Gasteiger partial charge in [0.2, 0.25) is 5.76 Å². The van der Waals surface area contributed by atoms with Crippen LogP contribution in [0.1, 0.15) is 43.2 Å². The quantitative estimate of drug-likeness (QED) is 0.772. The summed E-state index contributed by atoms with van der Waals surface area (Å²) in [5.74, 6) is -0.688. The summed E-state index contributed by atoms with van der Waals surface area (Å²) in [5.41, 5.74) is 0. The molecule has 2 atom stereocenters. The number of ether oxygens (including phenoxy) is 2. The van der Waals surface area contributed by atoms with Gasteiger partial charge in [0.25, 0.3) is 0 Å². The van der Waals surface area contributed by atoms with Gasteiger partial charge in [-0.2, -0.15) is 0 Å². The highest BCUT2D eigenvalue weighted by Gasteiger charge is 2.31. The lowest BCUT2D eigenvalue weighted by Crippen LogP contribution is -2.37. The highest BCUT2D eigenvalue weighted by molar-refractivity contribution is 5.86. The van der Waals surface area contributed by atoms with Gasteiger partial charge in [-0.1, -0.05) is 0 Å². The first kappa shape index (κ1) is 12.7. The molecule has 0 saturated heterocycles. The summed E-state index contributed by atoms with van der Waals surface area (Å²) in [6, 6.07) is 3.17. The first-order chi connectivity index (χ1) is 8.66. The van der Waals surface area contributed by atoms with Crippen molar-refractivity contribution in [2.45, 2.75) is 44.8 Å². The topological polar surface area (TPSA) is 65.7 Å². The van der Waals surface area contributed by atoms with E-state index in [1.165, 1.54) is 13.2 Å². The van der Waals surface area contributed by atoms with E-state index in [1.54, 1.807) is 12.1 Å². The molecule has 0 radical (unpaired) electrons. The molecule has 0 N–H and O–H groups in total. The van der Waals surface area contributed by atoms with Crippen molar-refractivity contribution in [1.82, 2.24) is 0 Å². The second-order valence-corrected chi connectivity index (χ2v) is 4.35. The molecule has 2 rings (SSSR count). The Morgan fingerprint density at radius 2 is 1.89 bits per heavy atom. The van der Waals surface area contributed by atoms with Crippen molar-refractivity contribution in [2.24, 2.45) is 0 Å². The van der Waals surface area contributed by atoms with Gasteiger partial charge in [-0.3, -0.25) is 4.79 Å². The van der Waals surface area contributed by atoms with Crippen molar-refractivity contribution in [1.29, 1.82) is 0 Å². The lowest BCUT2D eigenvalue weighted by molar-refractivity contribution is -0.155. The zero-order valence-corrected chi connectivity index (χ0v) is 10.3. The summed E-state index contributed by atoms with van der Waals surface area (Å²) in [7, 11) is 0. The van der Waals surface area contributed by atoms with Crippen LogP contribution in [0.15, 0.2) is 22.8 Å². The fourth-order valence-electron chi connectivity index (χ4n) is 2.14. The summed E-state index contributed by atoms with van der Waals surface area (Å²) in [5, 5.41) is 0. The van der Waals surface area contributed by atoms with Crippen molar-refractivity contribution in [2.75, 3.05) is 0 Å². The highest BCUT2D eigenvalue weighted by Crippen LogP contribution is 2.25. The normalized spacial score (nSPS) is 23.4. The third kappa shape index (κ3) is 3.12. The first-order valence-corrected chi connectivity index (χ1v) is 6.08. The molecule has 0 aromatic carbocycles. The minimum absolute atomic E-state index is 0.169. The number of carbonyl (C=O) groups excluding carboxylic acids is 2. The van der Waals surface area contributed by atoms with E-state index in [0.717, 1.165) is 19.3 Å². The number of hydrogen-bond donors (Lipinski definition) is 0. The fourth-order valence-corrected chi connectivity index (χ4v) is 2.14. The van der Waals surface area contributed by atoms with Gasteiger partial charge >= 0.3 is 11.9 Å². The van der Waals surface area contributed by atoms with Crippen LogP contribution in [0.25, 0.3) is 0 Å². The second-order valence-electron chi connectivity index (χ2n) is 4.35. The molecule has 1 aromatic heterocycles. The van der Waals surface area contributed by atoms with Crippen molar-refractivity contribution in [3.8, 4) is 0 Å². The van der Waals surface area contributed by atoms with E-state index >= 15 is 0 Å². The standard InChI is InChI=1S/C13H16O5/c1-9(14)17-10-5-2-3-6-11(10)18-13(15)12-7-4-8-16-12/h4,7-8,10-11H,2-3,5-6H2,1H3/t10-,11+/m1/s1. The number of carbonyl (C=O) groups is 2. The number of hydrogen-bond acceptors (Lipinski definition) is 5. The maximum Gasteiger partial charge on any atom is 0.374 e. The molecular formula is C13H16O5. The number of esters is 2. The van der Waals surface area contributed by atoms with E-state index in [2.05, 4.69) is 0 Å². The molecule has 18 heavy (non-hydrogen) atoms. The minimum atomic E-state index is -0.510. The maximum absolute atomic E-state index is 11.7. The summed E-state index contributed by atoms with van der Waals surface area (Å²) < 4.78 is 15.5. The lowest BCUT2D eigenvalue weighted by atomic mass is 9.94. The molecule has 0 amide bonds. The lowest BCUT2D eigenvalue weighted by Gasteiger charge is -2.30. The molecule has 0 bridgehead atoms. The van der Waals surface area contributed by atoms with Crippen LogP contribution in [0.5, 0.6) is 0 Å². The van der Waals surface area contributed by atoms with E-state index in [1.807, 2.05) is 0 Å². The summed E-state index contributed by atoms with van der Waals surface area (Å²) in [6.45, 7) is 1.36. The molecule has 0 aliphatic heterocycles. The van der Waals surface area contributed by atoms with Crippen LogP contribution in [0.2, 0.25) is 0 Å². The van der Waals surface area contributed by atoms with Crippen LogP contribution < -0.4 is 0 Å². The highest BCUT2D eigenvalue weighted by atomic mass is 16.6. The number of rotatable bonds is 3. The molecule has 1 aliphatic carbocycles. The van der Waals surface area contributed by atoms with Gasteiger partial charge < -0.3 is 13.9 Å². The number of furan rings is 1. The molecule has 1 fully saturated rings. The molecule has 0 unspecified atom stereocenters. The van der Waals surface area contributed by atoms with Crippen molar-refractivity contribution < 1.29 is 23.5 Å². The average Bonchev–Trinajstić information content (AvgIpc) is 2.84. The molecule has 1 saturated carbocycles. The predicted molar refractivity (Wildman–Crippen MR) is 61.9 cm³/mol. The minimum Gasteiger partial charge on any atom is -0.459 e. The van der Waals surface area contributed by atoms with Gasteiger partial charge in [0.05, 0.1) is 6.26 Å². The summed E-state index contributed by atoms with van der Waals surface area (Å²) in [4.78, 5) is 22.7. The fraction of sp³-hybridized carbons (Fsp3) is 0.538. The molecule has 0 spiro atoms. The van der Waals surface area contributed by atoms with Crippen LogP contribution in [-0.2, 0) is 14.3 Å². The Morgan fingerprint density at radius 3 is 2.44 bits per heavy atom. The van der Waals surface area contributed by atoms with Gasteiger partial charge in [-0.25, -0.2) is 4.79 Å². The van der Waals surface area contributed by atoms with Gasteiger partial charge in [-0.15, -0.1) is 0 Å². The molecule has 1 aliphatic rings. The van der Waals surface area contributed by atoms with Crippen molar-refractivity contribution in [3.63, 3.8) is 0 Å². The molecule has 1 aromatic rings. The van der Waals surface area contributed by atoms with Gasteiger partial charge in [0.1, 0.15) is 12.2 Å². The zero-order chi connectivity index (χ0) is 13.0. The van der Waals surface area contributed by atoms with E-state index in [9.17, 15) is 9.59 Å². The smallest absolute Gasteiger partial charge is 0.374 e. The second kappa shape index (κ2) is 5.71. The van der Waals surface area contributed by atoms with E-state index in [0.29, 0.717) is 6.42 Å². The largest absolute Gasteiger partial charge is 0.459 e. The van der Waals surface area contributed by atoms with E-state index < -0.39 is 5.97 Å². The van der Waals surface area contributed by atoms with Crippen LogP contribution in [0, 0.1) is 0 Å². The Morgan fingerprint density at radius 1 is 1.22 bits per heavy atom. The molecule has 5 nitrogen and oxygen atoms in total. The maximum atomic E-state index is 11.7. The third-order valence-corrected chi connectivity index (χ3v) is 2.94. The van der Waals surface area contributed by atoms with Crippen molar-refractivity contribution >= 4 is 11.9 Å². The summed E-state index contributed by atoms with van der Waals surface area (Å²) in [6.07, 6.45) is 4.09. The van der Waals surface area contributed by atoms with Crippen LogP contribution in [0.3, 0.4) is 0 Å². The van der Waals surface area contributed by atoms with Gasteiger partial charge in [0, 0.05) is 6.92 Å². The molecular weight excluding hydrogens is 236 g/mol. The Labute approximate surface area is 105 Å². The van der Waals surface area contributed by atoms with E-state index in [-0.39, 0.29) is 23.9 Å². The Balaban J connectivity index is 1.97. The van der Waals surface area contributed by atoms with Crippen LogP contribution >= 0.6 is 0 Å². The first-order valence-electron chi connectivity index (χ1n) is 6.08. The molecule has 5 heteroatoms. The Bertz CT molecular complexity index is 409.